The molecule has 4 nitrogen and oxygen atoms in total. The van der Waals surface area contributed by atoms with Gasteiger partial charge in [0.05, 0.1) is 0 Å². The van der Waals surface area contributed by atoms with Crippen LogP contribution in [0, 0.1) is 5.41 Å². The summed E-state index contributed by atoms with van der Waals surface area (Å²) in [6, 6.07) is 5.48. The highest BCUT2D eigenvalue weighted by molar-refractivity contribution is 5.93. The summed E-state index contributed by atoms with van der Waals surface area (Å²) in [5, 5.41) is 7.23. The van der Waals surface area contributed by atoms with E-state index in [-0.39, 0.29) is 5.84 Å². The van der Waals surface area contributed by atoms with Gasteiger partial charge in [0.1, 0.15) is 17.3 Å². The Morgan fingerprint density at radius 1 is 1.62 bits per heavy atom. The molecule has 1 rings (SSSR count). The van der Waals surface area contributed by atoms with Crippen molar-refractivity contribution in [2.45, 2.75) is 6.92 Å². The van der Waals surface area contributed by atoms with Crippen molar-refractivity contribution in [3.8, 4) is 0 Å². The Hall–Kier alpha value is -1.58. The van der Waals surface area contributed by atoms with Crippen LogP contribution < -0.4 is 10.6 Å². The van der Waals surface area contributed by atoms with Gasteiger partial charge >= 0.3 is 0 Å². The van der Waals surface area contributed by atoms with Gasteiger partial charge in [0, 0.05) is 13.6 Å². The highest BCUT2D eigenvalue weighted by Crippen LogP contribution is 2.08. The summed E-state index contributed by atoms with van der Waals surface area (Å²) in [5.41, 5.74) is 5.85. The van der Waals surface area contributed by atoms with E-state index in [1.807, 2.05) is 31.0 Å². The molecule has 0 amide bonds. The maximum atomic E-state index is 7.23. The van der Waals surface area contributed by atoms with Gasteiger partial charge in [0.15, 0.2) is 0 Å². The van der Waals surface area contributed by atoms with Crippen molar-refractivity contribution in [3.05, 3.63) is 23.9 Å². The minimum absolute atomic E-state index is 0.00588. The van der Waals surface area contributed by atoms with Gasteiger partial charge < -0.3 is 10.6 Å². The lowest BCUT2D eigenvalue weighted by Crippen LogP contribution is -2.20. The van der Waals surface area contributed by atoms with Crippen LogP contribution in [0.3, 0.4) is 0 Å². The molecule has 0 saturated carbocycles. The highest BCUT2D eigenvalue weighted by Gasteiger charge is 2.02. The average molecular weight is 178 g/mol. The molecule has 1 heterocycles. The number of hydrogen-bond acceptors (Lipinski definition) is 3. The normalized spacial score (nSPS) is 9.69. The Kier molecular flexibility index (Phi) is 2.84. The summed E-state index contributed by atoms with van der Waals surface area (Å²) < 4.78 is 0. The van der Waals surface area contributed by atoms with E-state index in [0.29, 0.717) is 5.69 Å². The zero-order valence-electron chi connectivity index (χ0n) is 7.91. The minimum Gasteiger partial charge on any atom is -0.382 e. The topological polar surface area (TPSA) is 66.0 Å². The number of hydrogen-bond donors (Lipinski definition) is 2. The van der Waals surface area contributed by atoms with Gasteiger partial charge in [-0.1, -0.05) is 6.07 Å². The summed E-state index contributed by atoms with van der Waals surface area (Å²) in [5.74, 6) is 0.849. The third kappa shape index (κ3) is 2.18. The van der Waals surface area contributed by atoms with Gasteiger partial charge in [-0.2, -0.15) is 0 Å². The zero-order valence-corrected chi connectivity index (χ0v) is 7.91. The fraction of sp³-hybridized carbons (Fsp3) is 0.333. The Bertz CT molecular complexity index is 308. The molecular weight excluding hydrogens is 164 g/mol. The second-order valence-corrected chi connectivity index (χ2v) is 2.81. The first-order valence-electron chi connectivity index (χ1n) is 4.17. The molecule has 0 aliphatic rings. The fourth-order valence-electron chi connectivity index (χ4n) is 0.948. The number of nitrogens with zero attached hydrogens (tertiary/aromatic N) is 2. The summed E-state index contributed by atoms with van der Waals surface area (Å²) in [4.78, 5) is 6.21. The van der Waals surface area contributed by atoms with Crippen molar-refractivity contribution in [1.29, 1.82) is 5.41 Å². The van der Waals surface area contributed by atoms with Gasteiger partial charge in [0.2, 0.25) is 0 Å². The SMILES string of the molecule is CCN(C)c1cccc(C(=N)N)n1. The molecule has 1 aromatic heterocycles. The molecule has 70 valence electrons. The van der Waals surface area contributed by atoms with Crippen LogP contribution in [0.25, 0.3) is 0 Å². The molecule has 0 fully saturated rings. The number of amidine groups is 1. The predicted octanol–water partition coefficient (Wildman–Crippen LogP) is 0.822. The van der Waals surface area contributed by atoms with E-state index in [0.717, 1.165) is 12.4 Å². The van der Waals surface area contributed by atoms with Crippen molar-refractivity contribution in [2.75, 3.05) is 18.5 Å². The summed E-state index contributed by atoms with van der Waals surface area (Å²) in [7, 11) is 1.95. The van der Waals surface area contributed by atoms with Crippen molar-refractivity contribution < 1.29 is 0 Å². The monoisotopic (exact) mass is 178 g/mol. The van der Waals surface area contributed by atoms with Crippen LogP contribution >= 0.6 is 0 Å². The highest BCUT2D eigenvalue weighted by atomic mass is 15.2. The van der Waals surface area contributed by atoms with Crippen molar-refractivity contribution in [3.63, 3.8) is 0 Å². The third-order valence-electron chi connectivity index (χ3n) is 1.88. The van der Waals surface area contributed by atoms with Crippen LogP contribution in [-0.2, 0) is 0 Å². The number of rotatable bonds is 3. The van der Waals surface area contributed by atoms with E-state index in [1.165, 1.54) is 0 Å². The second kappa shape index (κ2) is 3.89. The molecule has 0 unspecified atom stereocenters. The maximum Gasteiger partial charge on any atom is 0.141 e. The minimum atomic E-state index is 0.00588. The lowest BCUT2D eigenvalue weighted by atomic mass is 10.3. The van der Waals surface area contributed by atoms with Crippen LogP contribution in [0.2, 0.25) is 0 Å². The molecule has 0 aliphatic carbocycles. The van der Waals surface area contributed by atoms with E-state index in [9.17, 15) is 0 Å². The molecule has 0 radical (unpaired) electrons. The van der Waals surface area contributed by atoms with E-state index >= 15 is 0 Å². The number of nitrogens with two attached hydrogens (primary N) is 1. The maximum absolute atomic E-state index is 7.23. The Morgan fingerprint density at radius 3 is 2.85 bits per heavy atom. The van der Waals surface area contributed by atoms with Crippen LogP contribution in [0.1, 0.15) is 12.6 Å². The third-order valence-corrected chi connectivity index (χ3v) is 1.88. The quantitative estimate of drug-likeness (QED) is 0.532. The molecule has 0 spiro atoms. The number of nitrogen functional groups attached to an aromatic ring is 1. The molecule has 4 heteroatoms. The standard InChI is InChI=1S/C9H14N4/c1-3-13(2)8-6-4-5-7(12-8)9(10)11/h4-6H,3H2,1-2H3,(H3,10,11). The fourth-order valence-corrected chi connectivity index (χ4v) is 0.948. The molecule has 0 saturated heterocycles. The lowest BCUT2D eigenvalue weighted by Gasteiger charge is -2.15. The molecule has 0 aromatic carbocycles. The zero-order chi connectivity index (χ0) is 9.84. The van der Waals surface area contributed by atoms with Gasteiger partial charge in [-0.15, -0.1) is 0 Å². The molecular formula is C9H14N4. The Labute approximate surface area is 77.9 Å². The Morgan fingerprint density at radius 2 is 2.31 bits per heavy atom. The molecule has 3 N–H and O–H groups in total. The number of aromatic nitrogens is 1. The predicted molar refractivity (Wildman–Crippen MR) is 54.2 cm³/mol. The summed E-state index contributed by atoms with van der Waals surface area (Å²) in [6.45, 7) is 2.93. The summed E-state index contributed by atoms with van der Waals surface area (Å²) in [6.07, 6.45) is 0. The number of anilines is 1. The molecule has 0 atom stereocenters. The molecule has 1 aromatic rings. The van der Waals surface area contributed by atoms with Crippen LogP contribution in [-0.4, -0.2) is 24.4 Å². The van der Waals surface area contributed by atoms with Crippen LogP contribution in [0.15, 0.2) is 18.2 Å². The van der Waals surface area contributed by atoms with E-state index in [1.54, 1.807) is 6.07 Å². The molecule has 13 heavy (non-hydrogen) atoms. The first-order chi connectivity index (χ1) is 6.15. The molecule has 0 aliphatic heterocycles. The van der Waals surface area contributed by atoms with Crippen LogP contribution in [0.5, 0.6) is 0 Å². The van der Waals surface area contributed by atoms with Crippen molar-refractivity contribution >= 4 is 11.7 Å². The lowest BCUT2D eigenvalue weighted by molar-refractivity contribution is 0.936. The van der Waals surface area contributed by atoms with Gasteiger partial charge in [-0.3, -0.25) is 5.41 Å². The Balaban J connectivity index is 2.98. The summed E-state index contributed by atoms with van der Waals surface area (Å²) >= 11 is 0. The number of pyridine rings is 1. The van der Waals surface area contributed by atoms with Crippen LogP contribution in [0.4, 0.5) is 5.82 Å². The van der Waals surface area contributed by atoms with E-state index < -0.39 is 0 Å². The van der Waals surface area contributed by atoms with Gasteiger partial charge in [-0.25, -0.2) is 4.98 Å². The van der Waals surface area contributed by atoms with E-state index in [4.69, 9.17) is 11.1 Å². The van der Waals surface area contributed by atoms with Crippen molar-refractivity contribution in [1.82, 2.24) is 4.98 Å². The second-order valence-electron chi connectivity index (χ2n) is 2.81. The first-order valence-corrected chi connectivity index (χ1v) is 4.17. The van der Waals surface area contributed by atoms with E-state index in [2.05, 4.69) is 4.98 Å². The number of nitrogens with one attached hydrogen (secondary N) is 1. The average Bonchev–Trinajstić information content (AvgIpc) is 2.17. The smallest absolute Gasteiger partial charge is 0.141 e. The van der Waals surface area contributed by atoms with Gasteiger partial charge in [-0.05, 0) is 19.1 Å². The van der Waals surface area contributed by atoms with Crippen molar-refractivity contribution in [2.24, 2.45) is 5.73 Å². The molecule has 0 bridgehead atoms. The first kappa shape index (κ1) is 9.51. The largest absolute Gasteiger partial charge is 0.382 e. The van der Waals surface area contributed by atoms with Gasteiger partial charge in [0.25, 0.3) is 0 Å².